The van der Waals surface area contributed by atoms with Crippen molar-refractivity contribution >= 4 is 30.6 Å². The normalized spacial score (nSPS) is 18.5. The van der Waals surface area contributed by atoms with Gasteiger partial charge in [-0.05, 0) is 50.6 Å². The first-order valence-electron chi connectivity index (χ1n) is 9.70. The summed E-state index contributed by atoms with van der Waals surface area (Å²) < 4.78 is 34.8. The molecule has 1 fully saturated rings. The number of fused-ring (bicyclic) bond motifs is 1. The summed E-state index contributed by atoms with van der Waals surface area (Å²) >= 11 is 0. The van der Waals surface area contributed by atoms with E-state index >= 15 is 0 Å². The van der Waals surface area contributed by atoms with Gasteiger partial charge >= 0.3 is 6.61 Å². The number of rotatable bonds is 5. The molecule has 7 nitrogen and oxygen atoms in total. The molecule has 2 aliphatic rings. The molecule has 1 atom stereocenters. The van der Waals surface area contributed by atoms with Gasteiger partial charge in [-0.25, -0.2) is 0 Å². The fourth-order valence-electron chi connectivity index (χ4n) is 3.98. The molecule has 2 aliphatic heterocycles. The number of hydrogen-bond donors (Lipinski definition) is 2. The number of halogens is 4. The number of phenols is 1. The lowest BCUT2D eigenvalue weighted by atomic mass is 9.97. The van der Waals surface area contributed by atoms with Crippen molar-refractivity contribution in [2.75, 3.05) is 32.1 Å². The van der Waals surface area contributed by atoms with Crippen molar-refractivity contribution in [3.63, 3.8) is 0 Å². The fourth-order valence-corrected chi connectivity index (χ4v) is 3.98. The molecule has 172 valence electrons. The van der Waals surface area contributed by atoms with Crippen LogP contribution >= 0.6 is 24.8 Å². The zero-order valence-corrected chi connectivity index (χ0v) is 18.6. The van der Waals surface area contributed by atoms with Crippen molar-refractivity contribution in [3.8, 4) is 22.8 Å². The number of likely N-dealkylation sites (tertiary alicyclic amines) is 1. The highest BCUT2D eigenvalue weighted by molar-refractivity contribution is 5.85. The van der Waals surface area contributed by atoms with E-state index < -0.39 is 6.61 Å². The molecule has 0 aliphatic carbocycles. The summed E-state index contributed by atoms with van der Waals surface area (Å²) in [6, 6.07) is 4.37. The van der Waals surface area contributed by atoms with Crippen LogP contribution in [0.5, 0.6) is 11.5 Å². The molecule has 2 aromatic rings. The maximum atomic E-state index is 12.4. The van der Waals surface area contributed by atoms with Crippen LogP contribution in [0.3, 0.4) is 0 Å². The topological polar surface area (TPSA) is 79.7 Å². The first-order valence-corrected chi connectivity index (χ1v) is 9.70. The standard InChI is InChI=1S/C20H24F2N4O3.2ClH/c1-26-7-2-3-12(10-26)23-19-16-11-28-8-6-14(16)18(24-25-19)15-5-4-13(9-17(15)27)29-20(21)22;;/h4-5,9,12,20,27H,2-3,6-8,10-11H2,1H3,(H,23,25);2*1H/t12-;;/m1../s1. The van der Waals surface area contributed by atoms with Crippen molar-refractivity contribution in [1.82, 2.24) is 15.1 Å². The van der Waals surface area contributed by atoms with Crippen LogP contribution in [0.25, 0.3) is 11.3 Å². The lowest BCUT2D eigenvalue weighted by Crippen LogP contribution is -2.40. The number of aromatic hydroxyl groups is 1. The number of aromatic nitrogens is 2. The minimum absolute atomic E-state index is 0. The third-order valence-corrected chi connectivity index (χ3v) is 5.34. The molecule has 0 bridgehead atoms. The molecule has 31 heavy (non-hydrogen) atoms. The Labute approximate surface area is 192 Å². The summed E-state index contributed by atoms with van der Waals surface area (Å²) in [5, 5.41) is 22.6. The second kappa shape index (κ2) is 11.1. The number of phenolic OH excluding ortho intramolecular Hbond substituents is 1. The number of likely N-dealkylation sites (N-methyl/N-ethyl adjacent to an activating group) is 1. The first-order chi connectivity index (χ1) is 14.0. The third kappa shape index (κ3) is 5.85. The number of benzene rings is 1. The van der Waals surface area contributed by atoms with Gasteiger partial charge in [-0.2, -0.15) is 8.78 Å². The third-order valence-electron chi connectivity index (χ3n) is 5.34. The summed E-state index contributed by atoms with van der Waals surface area (Å²) in [6.45, 7) is 0.0370. The summed E-state index contributed by atoms with van der Waals surface area (Å²) in [5.74, 6) is 0.424. The van der Waals surface area contributed by atoms with E-state index in [2.05, 4.69) is 32.2 Å². The highest BCUT2D eigenvalue weighted by Crippen LogP contribution is 2.37. The monoisotopic (exact) mass is 478 g/mol. The Kier molecular flexibility index (Phi) is 9.05. The van der Waals surface area contributed by atoms with Gasteiger partial charge in [0.1, 0.15) is 17.2 Å². The number of alkyl halides is 2. The van der Waals surface area contributed by atoms with Gasteiger partial charge in [-0.1, -0.05) is 0 Å². The highest BCUT2D eigenvalue weighted by atomic mass is 35.5. The van der Waals surface area contributed by atoms with Crippen LogP contribution in [-0.4, -0.2) is 59.6 Å². The van der Waals surface area contributed by atoms with Crippen molar-refractivity contribution in [1.29, 1.82) is 0 Å². The summed E-state index contributed by atoms with van der Waals surface area (Å²) in [7, 11) is 2.10. The molecule has 4 rings (SSSR count). The van der Waals surface area contributed by atoms with Crippen molar-refractivity contribution < 1.29 is 23.4 Å². The van der Waals surface area contributed by atoms with Crippen LogP contribution < -0.4 is 10.1 Å². The molecule has 11 heteroatoms. The summed E-state index contributed by atoms with van der Waals surface area (Å²) in [6.07, 6.45) is 2.82. The Morgan fingerprint density at radius 1 is 1.26 bits per heavy atom. The van der Waals surface area contributed by atoms with Crippen LogP contribution in [0.15, 0.2) is 18.2 Å². The SMILES string of the molecule is CN1CCC[C@@H](Nc2nnc(-c3ccc(OC(F)F)cc3O)c3c2COCC3)C1.Cl.Cl. The smallest absolute Gasteiger partial charge is 0.387 e. The number of ether oxygens (including phenoxy) is 2. The Bertz CT molecular complexity index is 892. The maximum absolute atomic E-state index is 12.4. The molecule has 0 amide bonds. The van der Waals surface area contributed by atoms with Crippen molar-refractivity contribution in [2.45, 2.75) is 38.5 Å². The molecule has 0 radical (unpaired) electrons. The Hall–Kier alpha value is -1.94. The van der Waals surface area contributed by atoms with Gasteiger partial charge in [0.25, 0.3) is 0 Å². The van der Waals surface area contributed by atoms with E-state index in [1.165, 1.54) is 18.2 Å². The van der Waals surface area contributed by atoms with Gasteiger partial charge in [0, 0.05) is 29.8 Å². The van der Waals surface area contributed by atoms with Gasteiger partial charge in [0.15, 0.2) is 5.82 Å². The van der Waals surface area contributed by atoms with E-state index in [1.54, 1.807) is 0 Å². The minimum Gasteiger partial charge on any atom is -0.507 e. The molecule has 0 saturated carbocycles. The van der Waals surface area contributed by atoms with Crippen LogP contribution in [0.1, 0.15) is 24.0 Å². The van der Waals surface area contributed by atoms with E-state index in [0.29, 0.717) is 42.8 Å². The summed E-state index contributed by atoms with van der Waals surface area (Å²) in [5.41, 5.74) is 2.86. The number of nitrogens with zero attached hydrogens (tertiary/aromatic N) is 3. The van der Waals surface area contributed by atoms with E-state index in [-0.39, 0.29) is 36.3 Å². The number of hydrogen-bond acceptors (Lipinski definition) is 7. The van der Waals surface area contributed by atoms with E-state index in [9.17, 15) is 13.9 Å². The second-order valence-electron chi connectivity index (χ2n) is 7.46. The van der Waals surface area contributed by atoms with Gasteiger partial charge in [-0.15, -0.1) is 35.0 Å². The number of piperidine rings is 1. The molecule has 0 spiro atoms. The first kappa shape index (κ1) is 25.3. The molecule has 1 aromatic carbocycles. The zero-order chi connectivity index (χ0) is 20.4. The van der Waals surface area contributed by atoms with Gasteiger partial charge in [0.2, 0.25) is 0 Å². The van der Waals surface area contributed by atoms with Gasteiger partial charge in [0.05, 0.1) is 13.2 Å². The average molecular weight is 479 g/mol. The van der Waals surface area contributed by atoms with Gasteiger partial charge < -0.3 is 24.8 Å². The lowest BCUT2D eigenvalue weighted by Gasteiger charge is -2.31. The van der Waals surface area contributed by atoms with Crippen LogP contribution in [0.2, 0.25) is 0 Å². The predicted octanol–water partition coefficient (Wildman–Crippen LogP) is 3.87. The largest absolute Gasteiger partial charge is 0.507 e. The average Bonchev–Trinajstić information content (AvgIpc) is 2.68. The Morgan fingerprint density at radius 3 is 2.77 bits per heavy atom. The summed E-state index contributed by atoms with van der Waals surface area (Å²) in [4.78, 5) is 2.28. The van der Waals surface area contributed by atoms with Crippen LogP contribution in [0.4, 0.5) is 14.6 Å². The zero-order valence-electron chi connectivity index (χ0n) is 17.0. The van der Waals surface area contributed by atoms with E-state index in [4.69, 9.17) is 4.74 Å². The second-order valence-corrected chi connectivity index (χ2v) is 7.46. The number of anilines is 1. The molecular weight excluding hydrogens is 453 g/mol. The van der Waals surface area contributed by atoms with Crippen LogP contribution in [0, 0.1) is 0 Å². The maximum Gasteiger partial charge on any atom is 0.387 e. The number of nitrogens with one attached hydrogen (secondary N) is 1. The molecule has 3 heterocycles. The molecule has 1 aromatic heterocycles. The van der Waals surface area contributed by atoms with Crippen molar-refractivity contribution in [3.05, 3.63) is 29.3 Å². The molecule has 2 N–H and O–H groups in total. The predicted molar refractivity (Wildman–Crippen MR) is 118 cm³/mol. The van der Waals surface area contributed by atoms with Crippen molar-refractivity contribution in [2.24, 2.45) is 0 Å². The fraction of sp³-hybridized carbons (Fsp3) is 0.500. The quantitative estimate of drug-likeness (QED) is 0.674. The molecule has 0 unspecified atom stereocenters. The Balaban J connectivity index is 0.00000171. The minimum atomic E-state index is -2.95. The highest BCUT2D eigenvalue weighted by Gasteiger charge is 2.25. The molecular formula is C20H26Cl2F2N4O3. The van der Waals surface area contributed by atoms with E-state index in [0.717, 1.165) is 37.1 Å². The lowest BCUT2D eigenvalue weighted by molar-refractivity contribution is -0.0499. The van der Waals surface area contributed by atoms with E-state index in [1.807, 2.05) is 0 Å². The van der Waals surface area contributed by atoms with Gasteiger partial charge in [-0.3, -0.25) is 0 Å². The van der Waals surface area contributed by atoms with Crippen LogP contribution in [-0.2, 0) is 17.8 Å². The molecule has 1 saturated heterocycles. The Morgan fingerprint density at radius 2 is 2.06 bits per heavy atom.